The molecular formula is C12H19ClN2O3S. The number of halogens is 1. The number of sulfonamides is 1. The summed E-state index contributed by atoms with van der Waals surface area (Å²) in [5.74, 6) is 0. The van der Waals surface area contributed by atoms with E-state index in [1.165, 1.54) is 16.4 Å². The lowest BCUT2D eigenvalue weighted by Gasteiger charge is -2.26. The van der Waals surface area contributed by atoms with E-state index in [4.69, 9.17) is 22.4 Å². The van der Waals surface area contributed by atoms with Crippen LogP contribution in [-0.2, 0) is 10.0 Å². The second-order valence-corrected chi connectivity index (χ2v) is 6.74. The number of nitrogens with two attached hydrogens (primary N) is 1. The molecule has 0 heterocycles. The van der Waals surface area contributed by atoms with E-state index < -0.39 is 10.0 Å². The van der Waals surface area contributed by atoms with E-state index in [0.717, 1.165) is 0 Å². The van der Waals surface area contributed by atoms with Gasteiger partial charge in [-0.3, -0.25) is 0 Å². The summed E-state index contributed by atoms with van der Waals surface area (Å²) >= 11 is 5.95. The summed E-state index contributed by atoms with van der Waals surface area (Å²) in [4.78, 5) is 0.000747. The van der Waals surface area contributed by atoms with E-state index in [1.807, 2.05) is 0 Å². The van der Waals surface area contributed by atoms with Gasteiger partial charge in [0.2, 0.25) is 10.0 Å². The highest BCUT2D eigenvalue weighted by atomic mass is 35.5. The summed E-state index contributed by atoms with van der Waals surface area (Å²) < 4.78 is 26.4. The van der Waals surface area contributed by atoms with Gasteiger partial charge in [-0.05, 0) is 38.5 Å². The maximum absolute atomic E-state index is 12.6. The van der Waals surface area contributed by atoms with E-state index in [1.54, 1.807) is 19.9 Å². The predicted octanol–water partition coefficient (Wildman–Crippen LogP) is 1.70. The Morgan fingerprint density at radius 3 is 2.58 bits per heavy atom. The van der Waals surface area contributed by atoms with Gasteiger partial charge in [-0.25, -0.2) is 8.42 Å². The third-order valence-corrected chi connectivity index (χ3v) is 5.21. The molecule has 0 fully saturated rings. The smallest absolute Gasteiger partial charge is 0.244 e. The molecule has 0 bridgehead atoms. The topological polar surface area (TPSA) is 83.6 Å². The van der Waals surface area contributed by atoms with E-state index >= 15 is 0 Å². The highest BCUT2D eigenvalue weighted by molar-refractivity contribution is 7.89. The first-order valence-corrected chi connectivity index (χ1v) is 7.80. The summed E-state index contributed by atoms with van der Waals surface area (Å²) in [5.41, 5.74) is 5.96. The number of benzene rings is 1. The average molecular weight is 307 g/mol. The number of hydrogen-bond donors (Lipinski definition) is 2. The summed E-state index contributed by atoms with van der Waals surface area (Å²) in [7, 11) is -3.72. The second kappa shape index (κ2) is 6.56. The fraction of sp³-hybridized carbons (Fsp3) is 0.500. The van der Waals surface area contributed by atoms with E-state index in [9.17, 15) is 8.42 Å². The lowest BCUT2D eigenvalue weighted by Crippen LogP contribution is -2.38. The van der Waals surface area contributed by atoms with Gasteiger partial charge in [0, 0.05) is 24.9 Å². The van der Waals surface area contributed by atoms with Crippen LogP contribution in [0.25, 0.3) is 0 Å². The van der Waals surface area contributed by atoms with Crippen molar-refractivity contribution in [2.45, 2.75) is 31.2 Å². The molecule has 7 heteroatoms. The van der Waals surface area contributed by atoms with Crippen molar-refractivity contribution in [2.24, 2.45) is 0 Å². The molecule has 108 valence electrons. The van der Waals surface area contributed by atoms with E-state index in [2.05, 4.69) is 0 Å². The molecule has 0 aromatic heterocycles. The van der Waals surface area contributed by atoms with Crippen LogP contribution in [0.15, 0.2) is 23.1 Å². The molecular weight excluding hydrogens is 288 g/mol. The van der Waals surface area contributed by atoms with Gasteiger partial charge < -0.3 is 10.8 Å². The van der Waals surface area contributed by atoms with Gasteiger partial charge in [0.05, 0.1) is 5.02 Å². The third kappa shape index (κ3) is 3.82. The average Bonchev–Trinajstić information content (AvgIpc) is 2.32. The summed E-state index contributed by atoms with van der Waals surface area (Å²) in [5, 5.41) is 9.01. The fourth-order valence-electron chi connectivity index (χ4n) is 1.73. The van der Waals surface area contributed by atoms with Crippen molar-refractivity contribution in [3.63, 3.8) is 0 Å². The molecule has 1 rings (SSSR count). The molecule has 0 aliphatic carbocycles. The molecule has 0 spiro atoms. The van der Waals surface area contributed by atoms with Gasteiger partial charge >= 0.3 is 0 Å². The monoisotopic (exact) mass is 306 g/mol. The van der Waals surface area contributed by atoms with Crippen molar-refractivity contribution in [3.8, 4) is 0 Å². The molecule has 0 unspecified atom stereocenters. The van der Waals surface area contributed by atoms with Crippen LogP contribution in [0.5, 0.6) is 0 Å². The molecule has 1 aromatic rings. The Kier molecular flexibility index (Phi) is 5.61. The molecule has 0 saturated carbocycles. The first-order valence-electron chi connectivity index (χ1n) is 5.98. The van der Waals surface area contributed by atoms with Crippen LogP contribution in [0.4, 0.5) is 5.69 Å². The summed E-state index contributed by atoms with van der Waals surface area (Å²) in [6.45, 7) is 3.72. The molecule has 0 aliphatic heterocycles. The SMILES string of the molecule is CC(C)N(CCCO)S(=O)(=O)c1cc(N)ccc1Cl. The van der Waals surface area contributed by atoms with Crippen molar-refractivity contribution < 1.29 is 13.5 Å². The van der Waals surface area contributed by atoms with Gasteiger partial charge in [0.15, 0.2) is 0 Å². The highest BCUT2D eigenvalue weighted by Gasteiger charge is 2.28. The molecule has 0 aliphatic rings. The Morgan fingerprint density at radius 2 is 2.05 bits per heavy atom. The van der Waals surface area contributed by atoms with E-state index in [0.29, 0.717) is 12.1 Å². The number of nitrogens with zero attached hydrogens (tertiary/aromatic N) is 1. The zero-order chi connectivity index (χ0) is 14.6. The molecule has 5 nitrogen and oxygen atoms in total. The minimum Gasteiger partial charge on any atom is -0.399 e. The van der Waals surface area contributed by atoms with Gasteiger partial charge in [-0.1, -0.05) is 11.6 Å². The van der Waals surface area contributed by atoms with Crippen molar-refractivity contribution in [3.05, 3.63) is 23.2 Å². The van der Waals surface area contributed by atoms with Gasteiger partial charge in [0.1, 0.15) is 4.90 Å². The van der Waals surface area contributed by atoms with E-state index in [-0.39, 0.29) is 29.1 Å². The Morgan fingerprint density at radius 1 is 1.42 bits per heavy atom. The molecule has 0 saturated heterocycles. The molecule has 3 N–H and O–H groups in total. The van der Waals surface area contributed by atoms with Crippen molar-refractivity contribution in [2.75, 3.05) is 18.9 Å². The summed E-state index contributed by atoms with van der Waals surface area (Å²) in [6.07, 6.45) is 0.372. The largest absolute Gasteiger partial charge is 0.399 e. The van der Waals surface area contributed by atoms with Crippen molar-refractivity contribution in [1.29, 1.82) is 0 Å². The number of aliphatic hydroxyl groups is 1. The van der Waals surface area contributed by atoms with Gasteiger partial charge in [-0.2, -0.15) is 4.31 Å². The first-order chi connectivity index (χ1) is 8.80. The minimum absolute atomic E-state index is 0.000747. The minimum atomic E-state index is -3.72. The van der Waals surface area contributed by atoms with Crippen LogP contribution in [0.3, 0.4) is 0 Å². The maximum atomic E-state index is 12.6. The number of nitrogen functional groups attached to an aromatic ring is 1. The van der Waals surface area contributed by atoms with Crippen LogP contribution in [0.1, 0.15) is 20.3 Å². The zero-order valence-electron chi connectivity index (χ0n) is 11.0. The predicted molar refractivity (Wildman–Crippen MR) is 76.6 cm³/mol. The van der Waals surface area contributed by atoms with Crippen molar-refractivity contribution in [1.82, 2.24) is 4.31 Å². The Labute approximate surface area is 119 Å². The zero-order valence-corrected chi connectivity index (χ0v) is 12.6. The van der Waals surface area contributed by atoms with Crippen LogP contribution in [-0.4, -0.2) is 37.0 Å². The molecule has 0 radical (unpaired) electrons. The molecule has 0 amide bonds. The Hall–Kier alpha value is -0.820. The molecule has 0 atom stereocenters. The van der Waals surface area contributed by atoms with Crippen LogP contribution < -0.4 is 5.73 Å². The van der Waals surface area contributed by atoms with Crippen LogP contribution >= 0.6 is 11.6 Å². The molecule has 1 aromatic carbocycles. The first kappa shape index (κ1) is 16.2. The number of anilines is 1. The number of aliphatic hydroxyl groups excluding tert-OH is 1. The summed E-state index contributed by atoms with van der Waals surface area (Å²) in [6, 6.07) is 4.14. The van der Waals surface area contributed by atoms with Crippen LogP contribution in [0.2, 0.25) is 5.02 Å². The van der Waals surface area contributed by atoms with Crippen LogP contribution in [0, 0.1) is 0 Å². The van der Waals surface area contributed by atoms with Crippen molar-refractivity contribution >= 4 is 27.3 Å². The van der Waals surface area contributed by atoms with Gasteiger partial charge in [0.25, 0.3) is 0 Å². The maximum Gasteiger partial charge on any atom is 0.244 e. The Bertz CT molecular complexity index is 532. The Balaban J connectivity index is 3.22. The quantitative estimate of drug-likeness (QED) is 0.784. The molecule has 19 heavy (non-hydrogen) atoms. The standard InChI is InChI=1S/C12H19ClN2O3S/c1-9(2)15(6-3-7-16)19(17,18)12-8-10(14)4-5-11(12)13/h4-5,8-9,16H,3,6-7,14H2,1-2H3. The third-order valence-electron chi connectivity index (χ3n) is 2.65. The number of rotatable bonds is 6. The number of hydrogen-bond acceptors (Lipinski definition) is 4. The lowest BCUT2D eigenvalue weighted by atomic mass is 10.3. The normalized spacial score (nSPS) is 12.3. The fourth-order valence-corrected chi connectivity index (χ4v) is 3.91. The van der Waals surface area contributed by atoms with Gasteiger partial charge in [-0.15, -0.1) is 0 Å². The lowest BCUT2D eigenvalue weighted by molar-refractivity contribution is 0.258. The second-order valence-electron chi connectivity index (χ2n) is 4.48. The highest BCUT2D eigenvalue weighted by Crippen LogP contribution is 2.27.